The molecule has 1 aromatic heterocycles. The van der Waals surface area contributed by atoms with Gasteiger partial charge in [0.25, 0.3) is 0 Å². The number of esters is 1. The van der Waals surface area contributed by atoms with E-state index >= 15 is 0 Å². The van der Waals surface area contributed by atoms with Crippen LogP contribution in [-0.4, -0.2) is 37.9 Å². The van der Waals surface area contributed by atoms with Gasteiger partial charge in [-0.15, -0.1) is 0 Å². The van der Waals surface area contributed by atoms with Gasteiger partial charge in [0.05, 0.1) is 11.0 Å². The zero-order chi connectivity index (χ0) is 21.3. The van der Waals surface area contributed by atoms with E-state index in [4.69, 9.17) is 4.74 Å². The molecule has 1 heterocycles. The van der Waals surface area contributed by atoms with Crippen LogP contribution in [0.4, 0.5) is 0 Å². The lowest BCUT2D eigenvalue weighted by Gasteiger charge is -2.10. The number of nitrogens with one attached hydrogen (secondary N) is 1. The minimum atomic E-state index is -0.970. The molecular formula is C22H15N3O5. The molecule has 0 aliphatic carbocycles. The van der Waals surface area contributed by atoms with Gasteiger partial charge in [-0.2, -0.15) is 5.26 Å². The van der Waals surface area contributed by atoms with Crippen LogP contribution in [0.2, 0.25) is 0 Å². The molecule has 0 aliphatic heterocycles. The van der Waals surface area contributed by atoms with Crippen molar-refractivity contribution in [3.05, 3.63) is 71.7 Å². The number of allylic oxidation sites excluding steroid dienone is 1. The number of nitriles is 1. The fraction of sp³-hybridized carbons (Fsp3) is 0.0455. The van der Waals surface area contributed by atoms with Crippen molar-refractivity contribution in [2.24, 2.45) is 0 Å². The molecule has 0 amide bonds. The van der Waals surface area contributed by atoms with Gasteiger partial charge in [-0.05, 0) is 18.2 Å². The summed E-state index contributed by atoms with van der Waals surface area (Å²) in [6, 6.07) is 16.5. The van der Waals surface area contributed by atoms with E-state index in [1.54, 1.807) is 48.5 Å². The van der Waals surface area contributed by atoms with Gasteiger partial charge in [0.1, 0.15) is 35.3 Å². The largest absolute Gasteiger partial charge is 0.507 e. The van der Waals surface area contributed by atoms with Crippen LogP contribution >= 0.6 is 0 Å². The number of fused-ring (bicyclic) bond motifs is 2. The zero-order valence-electron chi connectivity index (χ0n) is 15.5. The minimum absolute atomic E-state index is 0.137. The number of aromatic amines is 1. The standard InChI is InChI=1S/C22H15N3O5/c23-10-15(21-24-16-7-3-4-8-17(16)25-21)19(27)11-30-22(29)14-9-18(26)12-5-1-2-6-13(12)20(14)28/h1-9,26-28H,11H2,(H,24,25). The summed E-state index contributed by atoms with van der Waals surface area (Å²) >= 11 is 0. The number of carbonyl (C=O) groups excluding carboxylic acids is 1. The van der Waals surface area contributed by atoms with E-state index < -0.39 is 18.3 Å². The number of aliphatic hydroxyl groups is 1. The van der Waals surface area contributed by atoms with Crippen molar-refractivity contribution in [1.29, 1.82) is 5.26 Å². The van der Waals surface area contributed by atoms with Crippen molar-refractivity contribution >= 4 is 33.3 Å². The summed E-state index contributed by atoms with van der Waals surface area (Å²) < 4.78 is 5.04. The van der Waals surface area contributed by atoms with Crippen molar-refractivity contribution < 1.29 is 24.9 Å². The quantitative estimate of drug-likeness (QED) is 0.177. The maximum atomic E-state index is 12.4. The molecule has 4 N–H and O–H groups in total. The Morgan fingerprint density at radius 1 is 1.10 bits per heavy atom. The molecule has 4 rings (SSSR count). The maximum Gasteiger partial charge on any atom is 0.342 e. The fourth-order valence-corrected chi connectivity index (χ4v) is 3.11. The first-order valence-electron chi connectivity index (χ1n) is 8.87. The SMILES string of the molecule is N#CC(=C(O)COC(=O)c1cc(O)c2ccccc2c1O)c1nc2ccccc2[nH]1. The lowest BCUT2D eigenvalue weighted by molar-refractivity contribution is 0.0499. The highest BCUT2D eigenvalue weighted by Crippen LogP contribution is 2.35. The Labute approximate surface area is 169 Å². The normalized spacial score (nSPS) is 11.8. The minimum Gasteiger partial charge on any atom is -0.507 e. The number of aliphatic hydroxyl groups excluding tert-OH is 1. The van der Waals surface area contributed by atoms with Crippen LogP contribution in [-0.2, 0) is 4.74 Å². The third-order valence-electron chi connectivity index (χ3n) is 4.58. The molecule has 0 bridgehead atoms. The summed E-state index contributed by atoms with van der Waals surface area (Å²) in [6.07, 6.45) is 0. The van der Waals surface area contributed by atoms with E-state index in [1.165, 1.54) is 0 Å². The summed E-state index contributed by atoms with van der Waals surface area (Å²) in [6.45, 7) is -0.619. The second-order valence-corrected chi connectivity index (χ2v) is 6.45. The molecule has 0 saturated carbocycles. The van der Waals surface area contributed by atoms with Crippen LogP contribution < -0.4 is 0 Å². The number of carbonyl (C=O) groups is 1. The first-order chi connectivity index (χ1) is 14.5. The Morgan fingerprint density at radius 2 is 1.80 bits per heavy atom. The average molecular weight is 401 g/mol. The van der Waals surface area contributed by atoms with E-state index in [2.05, 4.69) is 9.97 Å². The number of rotatable bonds is 4. The van der Waals surface area contributed by atoms with Crippen molar-refractivity contribution in [1.82, 2.24) is 9.97 Å². The molecule has 4 aromatic rings. The number of nitrogens with zero attached hydrogens (tertiary/aromatic N) is 2. The summed E-state index contributed by atoms with van der Waals surface area (Å²) in [4.78, 5) is 19.6. The predicted octanol–water partition coefficient (Wildman–Crippen LogP) is 3.78. The van der Waals surface area contributed by atoms with E-state index in [9.17, 15) is 25.4 Å². The van der Waals surface area contributed by atoms with Crippen molar-refractivity contribution in [2.45, 2.75) is 0 Å². The fourth-order valence-electron chi connectivity index (χ4n) is 3.11. The molecule has 0 unspecified atom stereocenters. The molecule has 3 aromatic carbocycles. The smallest absolute Gasteiger partial charge is 0.342 e. The van der Waals surface area contributed by atoms with Gasteiger partial charge in [0.2, 0.25) is 0 Å². The highest BCUT2D eigenvalue weighted by atomic mass is 16.5. The first kappa shape index (κ1) is 18.8. The third kappa shape index (κ3) is 3.25. The van der Waals surface area contributed by atoms with E-state index in [0.29, 0.717) is 16.4 Å². The van der Waals surface area contributed by atoms with Gasteiger partial charge in [-0.3, -0.25) is 0 Å². The Kier molecular flexibility index (Phi) is 4.70. The van der Waals surface area contributed by atoms with Crippen LogP contribution in [0.3, 0.4) is 0 Å². The van der Waals surface area contributed by atoms with Crippen LogP contribution in [0.5, 0.6) is 11.5 Å². The summed E-state index contributed by atoms with van der Waals surface area (Å²) in [5.41, 5.74) is 0.856. The van der Waals surface area contributed by atoms with Gasteiger partial charge < -0.3 is 25.0 Å². The van der Waals surface area contributed by atoms with Gasteiger partial charge in [0.15, 0.2) is 11.6 Å². The number of H-pyrrole nitrogens is 1. The van der Waals surface area contributed by atoms with Crippen molar-refractivity contribution in [3.8, 4) is 17.6 Å². The molecule has 0 aliphatic rings. The Hall–Kier alpha value is -4.51. The molecule has 0 saturated heterocycles. The lowest BCUT2D eigenvalue weighted by atomic mass is 10.0. The lowest BCUT2D eigenvalue weighted by Crippen LogP contribution is -2.10. The molecule has 0 fully saturated rings. The summed E-state index contributed by atoms with van der Waals surface area (Å²) in [5.74, 6) is -1.89. The van der Waals surface area contributed by atoms with E-state index in [0.717, 1.165) is 6.07 Å². The Morgan fingerprint density at radius 3 is 2.53 bits per heavy atom. The number of phenols is 2. The highest BCUT2D eigenvalue weighted by molar-refractivity contribution is 6.03. The molecule has 0 radical (unpaired) electrons. The van der Waals surface area contributed by atoms with Crippen molar-refractivity contribution in [2.75, 3.05) is 6.61 Å². The van der Waals surface area contributed by atoms with Gasteiger partial charge >= 0.3 is 5.97 Å². The Bertz CT molecular complexity index is 1330. The number of ether oxygens (including phenoxy) is 1. The van der Waals surface area contributed by atoms with Gasteiger partial charge in [-0.25, -0.2) is 9.78 Å². The molecule has 8 heteroatoms. The third-order valence-corrected chi connectivity index (χ3v) is 4.58. The van der Waals surface area contributed by atoms with Crippen LogP contribution in [0.1, 0.15) is 16.2 Å². The molecule has 148 valence electrons. The average Bonchev–Trinajstić information content (AvgIpc) is 3.18. The molecule has 30 heavy (non-hydrogen) atoms. The van der Waals surface area contributed by atoms with E-state index in [1.807, 2.05) is 6.07 Å². The topological polar surface area (TPSA) is 139 Å². The maximum absolute atomic E-state index is 12.4. The zero-order valence-corrected chi connectivity index (χ0v) is 15.5. The van der Waals surface area contributed by atoms with Crippen LogP contribution in [0.15, 0.2) is 60.4 Å². The van der Waals surface area contributed by atoms with Crippen LogP contribution in [0, 0.1) is 11.3 Å². The number of aromatic nitrogens is 2. The predicted molar refractivity (Wildman–Crippen MR) is 109 cm³/mol. The Balaban J connectivity index is 1.60. The van der Waals surface area contributed by atoms with Gasteiger partial charge in [-0.1, -0.05) is 36.4 Å². The highest BCUT2D eigenvalue weighted by Gasteiger charge is 2.20. The number of benzene rings is 3. The first-order valence-corrected chi connectivity index (χ1v) is 8.87. The van der Waals surface area contributed by atoms with Crippen LogP contribution in [0.25, 0.3) is 27.4 Å². The number of hydrogen-bond acceptors (Lipinski definition) is 7. The molecule has 0 atom stereocenters. The molecule has 0 spiro atoms. The molecule has 8 nitrogen and oxygen atoms in total. The summed E-state index contributed by atoms with van der Waals surface area (Å²) in [7, 11) is 0. The number of aromatic hydroxyl groups is 2. The van der Waals surface area contributed by atoms with E-state index in [-0.39, 0.29) is 33.8 Å². The number of phenolic OH excluding ortho intramolecular Hbond substituents is 2. The molecular weight excluding hydrogens is 386 g/mol. The monoisotopic (exact) mass is 401 g/mol. The number of imidazole rings is 1. The van der Waals surface area contributed by atoms with Gasteiger partial charge in [0, 0.05) is 10.8 Å². The second kappa shape index (κ2) is 7.48. The number of hydrogen-bond donors (Lipinski definition) is 4. The summed E-state index contributed by atoms with van der Waals surface area (Å²) in [5, 5.41) is 40.8. The second-order valence-electron chi connectivity index (χ2n) is 6.45. The van der Waals surface area contributed by atoms with Crippen molar-refractivity contribution in [3.63, 3.8) is 0 Å². The number of para-hydroxylation sites is 2.